The number of carbonyl (C=O) groups is 1. The standard InChI is InChI=1S/C19H19F2N3OS2.ClH/c1-23(2)8-9-24(18(25)14-6-4-12(20)10-15(14)21)19-22-16-7-5-13(26-3)11-17(16)27-19;/h4-7,10-11H,8-9H2,1-3H3;1H. The summed E-state index contributed by atoms with van der Waals surface area (Å²) in [4.78, 5) is 22.1. The van der Waals surface area contributed by atoms with E-state index in [0.29, 0.717) is 18.2 Å². The van der Waals surface area contributed by atoms with E-state index in [2.05, 4.69) is 4.98 Å². The SMILES string of the molecule is CSc1ccc2nc(N(CCN(C)C)C(=O)c3ccc(F)cc3F)sc2c1.Cl. The van der Waals surface area contributed by atoms with Gasteiger partial charge in [0.1, 0.15) is 11.6 Å². The van der Waals surface area contributed by atoms with Gasteiger partial charge in [0, 0.05) is 24.1 Å². The number of thiazole rings is 1. The minimum absolute atomic E-state index is 0. The number of aromatic nitrogens is 1. The fourth-order valence-electron chi connectivity index (χ4n) is 2.53. The van der Waals surface area contributed by atoms with Crippen LogP contribution in [0.15, 0.2) is 41.3 Å². The molecule has 28 heavy (non-hydrogen) atoms. The molecule has 9 heteroatoms. The predicted octanol–water partition coefficient (Wildman–Crippen LogP) is 4.93. The largest absolute Gasteiger partial charge is 0.308 e. The number of fused-ring (bicyclic) bond motifs is 1. The van der Waals surface area contributed by atoms with Crippen LogP contribution in [-0.2, 0) is 0 Å². The van der Waals surface area contributed by atoms with E-state index >= 15 is 0 Å². The first kappa shape index (κ1) is 22.5. The molecule has 0 spiro atoms. The summed E-state index contributed by atoms with van der Waals surface area (Å²) in [6.07, 6.45) is 1.99. The summed E-state index contributed by atoms with van der Waals surface area (Å²) >= 11 is 3.01. The highest BCUT2D eigenvalue weighted by Gasteiger charge is 2.24. The van der Waals surface area contributed by atoms with E-state index in [1.165, 1.54) is 22.3 Å². The quantitative estimate of drug-likeness (QED) is 0.506. The van der Waals surface area contributed by atoms with Crippen LogP contribution >= 0.6 is 35.5 Å². The third-order valence-corrected chi connectivity index (χ3v) is 5.76. The number of halogens is 3. The average Bonchev–Trinajstić information content (AvgIpc) is 3.04. The Morgan fingerprint density at radius 2 is 1.89 bits per heavy atom. The van der Waals surface area contributed by atoms with Crippen LogP contribution in [0.3, 0.4) is 0 Å². The number of thioether (sulfide) groups is 1. The van der Waals surface area contributed by atoms with Crippen LogP contribution in [0.1, 0.15) is 10.4 Å². The zero-order chi connectivity index (χ0) is 19.6. The number of nitrogens with zero attached hydrogens (tertiary/aromatic N) is 3. The molecule has 0 bridgehead atoms. The Morgan fingerprint density at radius 3 is 2.54 bits per heavy atom. The van der Waals surface area contributed by atoms with Gasteiger partial charge in [-0.15, -0.1) is 24.2 Å². The average molecular weight is 444 g/mol. The zero-order valence-corrected chi connectivity index (χ0v) is 18.1. The molecule has 150 valence electrons. The fourth-order valence-corrected chi connectivity index (χ4v) is 4.07. The maximum atomic E-state index is 14.2. The van der Waals surface area contributed by atoms with Crippen LogP contribution in [0.25, 0.3) is 10.2 Å². The topological polar surface area (TPSA) is 36.4 Å². The summed E-state index contributed by atoms with van der Waals surface area (Å²) in [5.74, 6) is -2.12. The summed E-state index contributed by atoms with van der Waals surface area (Å²) in [5, 5.41) is 0.499. The lowest BCUT2D eigenvalue weighted by Crippen LogP contribution is -2.37. The highest BCUT2D eigenvalue weighted by molar-refractivity contribution is 7.98. The number of hydrogen-bond donors (Lipinski definition) is 0. The van der Waals surface area contributed by atoms with Crippen molar-refractivity contribution in [3.8, 4) is 0 Å². The molecule has 2 aromatic carbocycles. The number of rotatable bonds is 6. The molecule has 0 aliphatic carbocycles. The van der Waals surface area contributed by atoms with Gasteiger partial charge >= 0.3 is 0 Å². The van der Waals surface area contributed by atoms with Gasteiger partial charge in [0.15, 0.2) is 5.13 Å². The summed E-state index contributed by atoms with van der Waals surface area (Å²) in [5.41, 5.74) is 0.620. The van der Waals surface area contributed by atoms with Crippen LogP contribution in [0.5, 0.6) is 0 Å². The van der Waals surface area contributed by atoms with Crippen LogP contribution in [0.2, 0.25) is 0 Å². The highest BCUT2D eigenvalue weighted by atomic mass is 35.5. The molecule has 0 N–H and O–H groups in total. The molecule has 0 radical (unpaired) electrons. The van der Waals surface area contributed by atoms with E-state index in [0.717, 1.165) is 27.2 Å². The van der Waals surface area contributed by atoms with Crippen molar-refractivity contribution in [1.82, 2.24) is 9.88 Å². The van der Waals surface area contributed by atoms with E-state index < -0.39 is 17.5 Å². The maximum Gasteiger partial charge on any atom is 0.263 e. The second-order valence-electron chi connectivity index (χ2n) is 6.21. The van der Waals surface area contributed by atoms with Gasteiger partial charge in [-0.3, -0.25) is 9.69 Å². The van der Waals surface area contributed by atoms with E-state index in [-0.39, 0.29) is 18.0 Å². The molecule has 0 saturated heterocycles. The first-order chi connectivity index (χ1) is 12.9. The van der Waals surface area contributed by atoms with Crippen LogP contribution < -0.4 is 4.90 Å². The van der Waals surface area contributed by atoms with Gasteiger partial charge in [-0.05, 0) is 50.7 Å². The second-order valence-corrected chi connectivity index (χ2v) is 8.10. The molecule has 0 atom stereocenters. The third-order valence-electron chi connectivity index (χ3n) is 3.99. The van der Waals surface area contributed by atoms with Crippen molar-refractivity contribution in [2.45, 2.75) is 4.90 Å². The molecule has 1 aromatic heterocycles. The minimum Gasteiger partial charge on any atom is -0.308 e. The molecule has 4 nitrogen and oxygen atoms in total. The molecular weight excluding hydrogens is 424 g/mol. The van der Waals surface area contributed by atoms with Gasteiger partial charge in [0.2, 0.25) is 0 Å². The molecule has 3 aromatic rings. The summed E-state index contributed by atoms with van der Waals surface area (Å²) in [7, 11) is 3.79. The van der Waals surface area contributed by atoms with Crippen molar-refractivity contribution in [2.24, 2.45) is 0 Å². The van der Waals surface area contributed by atoms with E-state index in [1.807, 2.05) is 43.5 Å². The summed E-state index contributed by atoms with van der Waals surface area (Å²) in [6, 6.07) is 8.89. The van der Waals surface area contributed by atoms with Gasteiger partial charge in [0.05, 0.1) is 15.8 Å². The van der Waals surface area contributed by atoms with Crippen molar-refractivity contribution in [3.05, 3.63) is 53.6 Å². The van der Waals surface area contributed by atoms with E-state index in [9.17, 15) is 13.6 Å². The molecule has 3 rings (SSSR count). The number of likely N-dealkylation sites (N-methyl/N-ethyl adjacent to an activating group) is 1. The molecule has 0 aliphatic heterocycles. The monoisotopic (exact) mass is 443 g/mol. The molecule has 0 unspecified atom stereocenters. The van der Waals surface area contributed by atoms with Crippen molar-refractivity contribution in [2.75, 3.05) is 38.3 Å². The summed E-state index contributed by atoms with van der Waals surface area (Å²) in [6.45, 7) is 0.929. The Morgan fingerprint density at radius 1 is 1.14 bits per heavy atom. The number of benzene rings is 2. The lowest BCUT2D eigenvalue weighted by molar-refractivity contribution is 0.0981. The maximum absolute atomic E-state index is 14.2. The molecule has 0 fully saturated rings. The molecule has 1 amide bonds. The van der Waals surface area contributed by atoms with E-state index in [4.69, 9.17) is 0 Å². The Hall–Kier alpha value is -1.74. The first-order valence-corrected chi connectivity index (χ1v) is 10.3. The predicted molar refractivity (Wildman–Crippen MR) is 115 cm³/mol. The number of carbonyl (C=O) groups excluding carboxylic acids is 1. The van der Waals surface area contributed by atoms with Gasteiger partial charge < -0.3 is 4.90 Å². The van der Waals surface area contributed by atoms with Crippen molar-refractivity contribution in [3.63, 3.8) is 0 Å². The van der Waals surface area contributed by atoms with Crippen LogP contribution in [0.4, 0.5) is 13.9 Å². The number of anilines is 1. The Kier molecular flexibility index (Phi) is 7.77. The third kappa shape index (κ3) is 5.00. The zero-order valence-electron chi connectivity index (χ0n) is 15.6. The first-order valence-electron chi connectivity index (χ1n) is 8.25. The molecular formula is C19H20ClF2N3OS2. The van der Waals surface area contributed by atoms with Gasteiger partial charge in [-0.1, -0.05) is 11.3 Å². The smallest absolute Gasteiger partial charge is 0.263 e. The van der Waals surface area contributed by atoms with Gasteiger partial charge in [0.25, 0.3) is 5.91 Å². The fraction of sp³-hybridized carbons (Fsp3) is 0.263. The van der Waals surface area contributed by atoms with Crippen LogP contribution in [0, 0.1) is 11.6 Å². The highest BCUT2D eigenvalue weighted by Crippen LogP contribution is 2.32. The van der Waals surface area contributed by atoms with Crippen LogP contribution in [-0.4, -0.2) is 49.2 Å². The lowest BCUT2D eigenvalue weighted by atomic mass is 10.2. The lowest BCUT2D eigenvalue weighted by Gasteiger charge is -2.22. The van der Waals surface area contributed by atoms with Crippen molar-refractivity contribution < 1.29 is 13.6 Å². The molecule has 1 heterocycles. The minimum atomic E-state index is -0.874. The Balaban J connectivity index is 0.00000280. The van der Waals surface area contributed by atoms with Gasteiger partial charge in [-0.25, -0.2) is 13.8 Å². The Labute approximate surface area is 177 Å². The van der Waals surface area contributed by atoms with E-state index in [1.54, 1.807) is 11.8 Å². The summed E-state index contributed by atoms with van der Waals surface area (Å²) < 4.78 is 28.3. The van der Waals surface area contributed by atoms with Crippen molar-refractivity contribution >= 4 is 56.8 Å². The molecule has 0 aliphatic rings. The van der Waals surface area contributed by atoms with Crippen molar-refractivity contribution in [1.29, 1.82) is 0 Å². The van der Waals surface area contributed by atoms with Gasteiger partial charge in [-0.2, -0.15) is 0 Å². The normalized spacial score (nSPS) is 10.9. The number of amides is 1. The second kappa shape index (κ2) is 9.65. The Bertz CT molecular complexity index is 981. The number of hydrogen-bond acceptors (Lipinski definition) is 5. The molecule has 0 saturated carbocycles.